The van der Waals surface area contributed by atoms with E-state index in [1.165, 1.54) is 6.07 Å². The van der Waals surface area contributed by atoms with Crippen LogP contribution in [0.15, 0.2) is 53.1 Å². The van der Waals surface area contributed by atoms with E-state index in [9.17, 15) is 18.3 Å². The van der Waals surface area contributed by atoms with Gasteiger partial charge in [-0.15, -0.1) is 0 Å². The zero-order valence-electron chi connectivity index (χ0n) is 14.5. The Bertz CT molecular complexity index is 895. The summed E-state index contributed by atoms with van der Waals surface area (Å²) in [6.07, 6.45) is -4.50. The maximum absolute atomic E-state index is 12.8. The molecule has 8 heteroatoms. The predicted molar refractivity (Wildman–Crippen MR) is 93.0 cm³/mol. The van der Waals surface area contributed by atoms with Crippen molar-refractivity contribution in [3.8, 4) is 17.1 Å². The van der Waals surface area contributed by atoms with Crippen molar-refractivity contribution >= 4 is 0 Å². The van der Waals surface area contributed by atoms with Crippen molar-refractivity contribution < 1.29 is 22.8 Å². The number of aromatic hydroxyl groups is 1. The first-order valence-corrected chi connectivity index (χ1v) is 8.33. The number of aromatic nitrogens is 2. The maximum Gasteiger partial charge on any atom is 0.416 e. The van der Waals surface area contributed by atoms with E-state index >= 15 is 0 Å². The number of nitrogens with one attached hydrogen (secondary N) is 1. The first-order chi connectivity index (χ1) is 12.8. The summed E-state index contributed by atoms with van der Waals surface area (Å²) < 4.78 is 43.7. The normalized spacial score (nSPS) is 12.9. The Hall–Kier alpha value is -2.87. The molecule has 0 amide bonds. The fraction of sp³-hybridized carbons (Fsp3) is 0.263. The van der Waals surface area contributed by atoms with Crippen LogP contribution in [0.4, 0.5) is 13.2 Å². The van der Waals surface area contributed by atoms with E-state index in [1.807, 2.05) is 37.3 Å². The minimum absolute atomic E-state index is 0.130. The van der Waals surface area contributed by atoms with Gasteiger partial charge in [0.15, 0.2) is 0 Å². The number of benzene rings is 2. The van der Waals surface area contributed by atoms with E-state index in [-0.39, 0.29) is 12.5 Å². The van der Waals surface area contributed by atoms with Crippen molar-refractivity contribution in [2.45, 2.75) is 25.6 Å². The molecular formula is C19H18F3N3O2. The zero-order chi connectivity index (χ0) is 19.4. The Morgan fingerprint density at radius 2 is 1.89 bits per heavy atom. The zero-order valence-corrected chi connectivity index (χ0v) is 14.5. The van der Waals surface area contributed by atoms with Gasteiger partial charge in [0.2, 0.25) is 11.7 Å². The summed E-state index contributed by atoms with van der Waals surface area (Å²) in [6, 6.07) is 12.4. The van der Waals surface area contributed by atoms with Crippen molar-refractivity contribution in [1.82, 2.24) is 15.5 Å². The van der Waals surface area contributed by atoms with Crippen molar-refractivity contribution in [2.75, 3.05) is 6.54 Å². The largest absolute Gasteiger partial charge is 0.508 e. The van der Waals surface area contributed by atoms with Gasteiger partial charge in [-0.1, -0.05) is 42.4 Å². The van der Waals surface area contributed by atoms with Crippen LogP contribution in [-0.4, -0.2) is 21.8 Å². The molecule has 0 saturated heterocycles. The number of nitrogens with zero attached hydrogens (tertiary/aromatic N) is 2. The topological polar surface area (TPSA) is 71.2 Å². The van der Waals surface area contributed by atoms with E-state index in [0.29, 0.717) is 29.9 Å². The molecule has 0 spiro atoms. The van der Waals surface area contributed by atoms with Crippen LogP contribution in [0.5, 0.6) is 5.75 Å². The van der Waals surface area contributed by atoms with Crippen LogP contribution in [0.3, 0.4) is 0 Å². The molecule has 2 aromatic carbocycles. The molecule has 0 aliphatic carbocycles. The molecule has 1 heterocycles. The van der Waals surface area contributed by atoms with Gasteiger partial charge in [0.25, 0.3) is 0 Å². The lowest BCUT2D eigenvalue weighted by molar-refractivity contribution is -0.137. The third kappa shape index (κ3) is 4.85. The van der Waals surface area contributed by atoms with Gasteiger partial charge < -0.3 is 14.9 Å². The van der Waals surface area contributed by atoms with Crippen molar-refractivity contribution in [2.24, 2.45) is 0 Å². The summed E-state index contributed by atoms with van der Waals surface area (Å²) in [5, 5.41) is 16.5. The molecular weight excluding hydrogens is 359 g/mol. The molecule has 0 aliphatic rings. The van der Waals surface area contributed by atoms with E-state index in [1.54, 1.807) is 0 Å². The minimum atomic E-state index is -4.50. The summed E-state index contributed by atoms with van der Waals surface area (Å²) in [5.74, 6) is 0.377. The van der Waals surface area contributed by atoms with Gasteiger partial charge in [0.05, 0.1) is 5.56 Å². The van der Waals surface area contributed by atoms with Gasteiger partial charge in [-0.2, -0.15) is 18.2 Å². The number of rotatable bonds is 6. The second kappa shape index (κ2) is 7.79. The van der Waals surface area contributed by atoms with Crippen LogP contribution in [0.25, 0.3) is 11.4 Å². The third-order valence-electron chi connectivity index (χ3n) is 3.98. The van der Waals surface area contributed by atoms with Crippen LogP contribution in [0, 0.1) is 0 Å². The highest BCUT2D eigenvalue weighted by Crippen LogP contribution is 2.32. The molecule has 0 bridgehead atoms. The molecule has 2 N–H and O–H groups in total. The molecule has 1 atom stereocenters. The van der Waals surface area contributed by atoms with Crippen molar-refractivity contribution in [3.05, 3.63) is 65.5 Å². The predicted octanol–water partition coefficient (Wildman–Crippen LogP) is 4.35. The fourth-order valence-electron chi connectivity index (χ4n) is 2.60. The summed E-state index contributed by atoms with van der Waals surface area (Å²) in [4.78, 5) is 4.36. The maximum atomic E-state index is 12.8. The second-order valence-electron chi connectivity index (χ2n) is 6.24. The first kappa shape index (κ1) is 18.9. The number of hydrogen-bond donors (Lipinski definition) is 2. The highest BCUT2D eigenvalue weighted by atomic mass is 19.4. The van der Waals surface area contributed by atoms with Gasteiger partial charge in [0.1, 0.15) is 5.75 Å². The molecule has 3 rings (SSSR count). The first-order valence-electron chi connectivity index (χ1n) is 8.33. The Morgan fingerprint density at radius 1 is 1.15 bits per heavy atom. The minimum Gasteiger partial charge on any atom is -0.508 e. The Labute approximate surface area is 153 Å². The quantitative estimate of drug-likeness (QED) is 0.668. The smallest absolute Gasteiger partial charge is 0.416 e. The van der Waals surface area contributed by atoms with E-state index < -0.39 is 17.5 Å². The average molecular weight is 377 g/mol. The number of phenolic OH excluding ortho intramolecular Hbond substituents is 1. The summed E-state index contributed by atoms with van der Waals surface area (Å²) >= 11 is 0. The molecule has 142 valence electrons. The standard InChI is InChI=1S/C19H18F3N3O2/c1-12(18-24-17(25-27-18)14-5-3-2-4-6-14)10-23-11-13-7-15(19(20,21)22)9-16(26)8-13/h2-9,12,23,26H,10-11H2,1H3. The third-order valence-corrected chi connectivity index (χ3v) is 3.98. The molecule has 1 unspecified atom stereocenters. The van der Waals surface area contributed by atoms with Crippen LogP contribution in [0.2, 0.25) is 0 Å². The highest BCUT2D eigenvalue weighted by molar-refractivity contribution is 5.53. The van der Waals surface area contributed by atoms with Gasteiger partial charge in [0, 0.05) is 24.6 Å². The number of phenols is 1. The molecule has 3 aromatic rings. The summed E-state index contributed by atoms with van der Waals surface area (Å²) in [6.45, 7) is 2.47. The number of halogens is 3. The monoisotopic (exact) mass is 377 g/mol. The fourth-order valence-corrected chi connectivity index (χ4v) is 2.60. The Morgan fingerprint density at radius 3 is 2.59 bits per heavy atom. The van der Waals surface area contributed by atoms with Crippen LogP contribution in [0.1, 0.15) is 29.9 Å². The molecule has 27 heavy (non-hydrogen) atoms. The van der Waals surface area contributed by atoms with Gasteiger partial charge in [-0.05, 0) is 23.8 Å². The van der Waals surface area contributed by atoms with E-state index in [0.717, 1.165) is 11.6 Å². The lowest BCUT2D eigenvalue weighted by Crippen LogP contribution is -2.20. The Kier molecular flexibility index (Phi) is 5.46. The van der Waals surface area contributed by atoms with Crippen LogP contribution in [-0.2, 0) is 12.7 Å². The number of hydrogen-bond acceptors (Lipinski definition) is 5. The summed E-state index contributed by atoms with van der Waals surface area (Å²) in [5.41, 5.74) is 0.300. The second-order valence-corrected chi connectivity index (χ2v) is 6.24. The molecule has 0 saturated carbocycles. The Balaban J connectivity index is 1.60. The SMILES string of the molecule is CC(CNCc1cc(O)cc(C(F)(F)F)c1)c1nc(-c2ccccc2)no1. The molecule has 1 aromatic heterocycles. The van der Waals surface area contributed by atoms with E-state index in [4.69, 9.17) is 4.52 Å². The molecule has 0 aliphatic heterocycles. The van der Waals surface area contributed by atoms with Crippen molar-refractivity contribution in [1.29, 1.82) is 0 Å². The molecule has 0 fully saturated rings. The van der Waals surface area contributed by atoms with Crippen LogP contribution >= 0.6 is 0 Å². The highest BCUT2D eigenvalue weighted by Gasteiger charge is 2.31. The van der Waals surface area contributed by atoms with Gasteiger partial charge in [-0.3, -0.25) is 0 Å². The molecule has 5 nitrogen and oxygen atoms in total. The lowest BCUT2D eigenvalue weighted by Gasteiger charge is -2.12. The number of alkyl halides is 3. The van der Waals surface area contributed by atoms with Crippen molar-refractivity contribution in [3.63, 3.8) is 0 Å². The van der Waals surface area contributed by atoms with E-state index in [2.05, 4.69) is 15.5 Å². The van der Waals surface area contributed by atoms with Gasteiger partial charge >= 0.3 is 6.18 Å². The molecule has 0 radical (unpaired) electrons. The average Bonchev–Trinajstić information content (AvgIpc) is 3.11. The van der Waals surface area contributed by atoms with Crippen LogP contribution < -0.4 is 5.32 Å². The summed E-state index contributed by atoms with van der Waals surface area (Å²) in [7, 11) is 0. The van der Waals surface area contributed by atoms with Gasteiger partial charge in [-0.25, -0.2) is 0 Å². The lowest BCUT2D eigenvalue weighted by atomic mass is 10.1.